The number of hydrogen-bond donors (Lipinski definition) is 3. The number of carbonyl (C=O) groups excluding carboxylic acids is 2. The highest BCUT2D eigenvalue weighted by Crippen LogP contribution is 2.33. The van der Waals surface area contributed by atoms with Gasteiger partial charge in [0.15, 0.2) is 0 Å². The highest BCUT2D eigenvalue weighted by Gasteiger charge is 2.37. The van der Waals surface area contributed by atoms with E-state index in [-0.39, 0.29) is 18.2 Å². The fourth-order valence-electron chi connectivity index (χ4n) is 4.15. The molecule has 37 heavy (non-hydrogen) atoms. The number of alkyl halides is 3. The van der Waals surface area contributed by atoms with E-state index in [2.05, 4.69) is 10.6 Å². The van der Waals surface area contributed by atoms with Crippen LogP contribution in [-0.4, -0.2) is 61.3 Å². The fourth-order valence-corrected chi connectivity index (χ4v) is 4.15. The molecule has 0 spiro atoms. The Kier molecular flexibility index (Phi) is 9.88. The minimum atomic E-state index is -4.54. The summed E-state index contributed by atoms with van der Waals surface area (Å²) in [6.45, 7) is 1.15. The van der Waals surface area contributed by atoms with Crippen LogP contribution in [0, 0.1) is 11.3 Å². The first-order valence-corrected chi connectivity index (χ1v) is 12.0. The third kappa shape index (κ3) is 7.93. The number of aldehydes is 1. The number of carbonyl (C=O) groups is 2. The molecule has 1 fully saturated rings. The molecule has 8 nitrogen and oxygen atoms in total. The Labute approximate surface area is 213 Å². The Bertz CT molecular complexity index is 1070. The van der Waals surface area contributed by atoms with Gasteiger partial charge in [-0.15, -0.1) is 0 Å². The molecule has 1 aliphatic carbocycles. The van der Waals surface area contributed by atoms with Crippen molar-refractivity contribution in [3.63, 3.8) is 0 Å². The normalized spacial score (nSPS) is 19.4. The lowest BCUT2D eigenvalue weighted by molar-refractivity contribution is -0.105. The van der Waals surface area contributed by atoms with E-state index in [9.17, 15) is 22.8 Å². The summed E-state index contributed by atoms with van der Waals surface area (Å²) in [4.78, 5) is 26.7. The molecule has 1 saturated heterocycles. The van der Waals surface area contributed by atoms with Gasteiger partial charge in [0.1, 0.15) is 6.29 Å². The molecule has 2 aliphatic rings. The largest absolute Gasteiger partial charge is 0.412 e. The van der Waals surface area contributed by atoms with Crippen LogP contribution in [0.2, 0.25) is 0 Å². The Morgan fingerprint density at radius 2 is 1.97 bits per heavy atom. The molecule has 2 amide bonds. The van der Waals surface area contributed by atoms with Crippen LogP contribution in [0.25, 0.3) is 0 Å². The smallest absolute Gasteiger partial charge is 0.381 e. The molecule has 1 aromatic carbocycles. The number of nitrogens with one attached hydrogen (secondary N) is 2. The summed E-state index contributed by atoms with van der Waals surface area (Å²) in [5.74, 6) is 0. The van der Waals surface area contributed by atoms with Gasteiger partial charge in [-0.1, -0.05) is 18.2 Å². The van der Waals surface area contributed by atoms with Crippen molar-refractivity contribution in [1.82, 2.24) is 10.2 Å². The zero-order valence-electron chi connectivity index (χ0n) is 20.2. The van der Waals surface area contributed by atoms with E-state index in [1.54, 1.807) is 24.3 Å². The number of halogens is 3. The molecule has 2 atom stereocenters. The number of nitriles is 1. The number of ether oxygens (including phenoxy) is 1. The topological polar surface area (TPSA) is 120 Å². The van der Waals surface area contributed by atoms with Crippen molar-refractivity contribution in [2.75, 3.05) is 25.1 Å². The zero-order chi connectivity index (χ0) is 26.8. The number of rotatable bonds is 9. The second-order valence-corrected chi connectivity index (χ2v) is 8.80. The fraction of sp³-hybridized carbons (Fsp3) is 0.423. The molecule has 198 valence electrons. The molecular formula is C26H30F3N5O3. The summed E-state index contributed by atoms with van der Waals surface area (Å²) in [7, 11) is 0. The molecule has 3 rings (SSSR count). The predicted molar refractivity (Wildman–Crippen MR) is 132 cm³/mol. The van der Waals surface area contributed by atoms with Crippen LogP contribution in [0.1, 0.15) is 31.2 Å². The molecule has 4 N–H and O–H groups in total. The van der Waals surface area contributed by atoms with E-state index >= 15 is 0 Å². The third-order valence-corrected chi connectivity index (χ3v) is 6.20. The van der Waals surface area contributed by atoms with E-state index in [1.807, 2.05) is 6.07 Å². The molecular weight excluding hydrogens is 487 g/mol. The molecule has 0 radical (unpaired) electrons. The standard InChI is InChI=1S/C26H30F3N5O3/c27-26(28,29)20-2-1-3-23(14-20)34(25(36)33-22-9-12-37-13-10-22)16-19(17-35)24(8-11-30)32-21-6-4-18(15-31)5-7-21/h1-7,16-17,22-24,32H,8-14,30H2,(H,33,36)/b19-16+. The van der Waals surface area contributed by atoms with Gasteiger partial charge in [0, 0.05) is 48.7 Å². The number of hydrogen-bond acceptors (Lipinski definition) is 6. The van der Waals surface area contributed by atoms with Gasteiger partial charge in [-0.25, -0.2) is 4.79 Å². The first kappa shape index (κ1) is 28.0. The molecule has 2 unspecified atom stereocenters. The lowest BCUT2D eigenvalue weighted by Crippen LogP contribution is -2.49. The third-order valence-electron chi connectivity index (χ3n) is 6.20. The second-order valence-electron chi connectivity index (χ2n) is 8.80. The lowest BCUT2D eigenvalue weighted by Gasteiger charge is -2.33. The number of benzene rings is 1. The highest BCUT2D eigenvalue weighted by molar-refractivity contribution is 5.81. The number of nitrogens with zero attached hydrogens (tertiary/aromatic N) is 2. The number of nitrogens with two attached hydrogens (primary N) is 1. The Hall–Kier alpha value is -3.62. The second kappa shape index (κ2) is 13.1. The number of amides is 2. The van der Waals surface area contributed by atoms with Crippen LogP contribution in [0.3, 0.4) is 0 Å². The van der Waals surface area contributed by atoms with Crippen LogP contribution in [-0.2, 0) is 9.53 Å². The quantitative estimate of drug-likeness (QED) is 0.339. The van der Waals surface area contributed by atoms with E-state index < -0.39 is 36.3 Å². The molecule has 1 heterocycles. The van der Waals surface area contributed by atoms with E-state index in [0.29, 0.717) is 50.0 Å². The Balaban J connectivity index is 1.91. The highest BCUT2D eigenvalue weighted by atomic mass is 19.4. The lowest BCUT2D eigenvalue weighted by atomic mass is 9.98. The van der Waals surface area contributed by atoms with E-state index in [1.165, 1.54) is 18.4 Å². The van der Waals surface area contributed by atoms with Gasteiger partial charge in [-0.05, 0) is 50.1 Å². The number of allylic oxidation sites excluding steroid dienone is 2. The van der Waals surface area contributed by atoms with Crippen molar-refractivity contribution < 1.29 is 27.5 Å². The van der Waals surface area contributed by atoms with E-state index in [0.717, 1.165) is 11.0 Å². The maximum absolute atomic E-state index is 13.5. The predicted octanol–water partition coefficient (Wildman–Crippen LogP) is 3.78. The molecule has 1 aliphatic heterocycles. The summed E-state index contributed by atoms with van der Waals surface area (Å²) in [5.41, 5.74) is 6.22. The van der Waals surface area contributed by atoms with Gasteiger partial charge >= 0.3 is 12.2 Å². The van der Waals surface area contributed by atoms with Crippen molar-refractivity contribution in [3.8, 4) is 6.07 Å². The summed E-state index contributed by atoms with van der Waals surface area (Å²) in [6, 6.07) is 6.21. The number of urea groups is 1. The molecule has 0 aromatic heterocycles. The monoisotopic (exact) mass is 517 g/mol. The van der Waals surface area contributed by atoms with Gasteiger partial charge < -0.3 is 21.1 Å². The Morgan fingerprint density at radius 1 is 1.27 bits per heavy atom. The SMILES string of the molecule is N#Cc1ccc(NC(CCN)/C(C=O)=C/N(C(=O)NC2CCOCC2)C2C=CC=C(C(F)(F)F)C2)cc1. The van der Waals surface area contributed by atoms with Crippen molar-refractivity contribution in [2.24, 2.45) is 5.73 Å². The van der Waals surface area contributed by atoms with Crippen LogP contribution in [0.5, 0.6) is 0 Å². The molecule has 1 aromatic rings. The average Bonchev–Trinajstić information content (AvgIpc) is 2.90. The van der Waals surface area contributed by atoms with E-state index in [4.69, 9.17) is 15.7 Å². The van der Waals surface area contributed by atoms with Gasteiger partial charge in [-0.2, -0.15) is 18.4 Å². The summed E-state index contributed by atoms with van der Waals surface area (Å²) < 4.78 is 45.7. The van der Waals surface area contributed by atoms with Gasteiger partial charge in [0.05, 0.1) is 23.7 Å². The van der Waals surface area contributed by atoms with Crippen molar-refractivity contribution in [2.45, 2.75) is 50.0 Å². The molecule has 0 saturated carbocycles. The molecule has 11 heteroatoms. The average molecular weight is 518 g/mol. The van der Waals surface area contributed by atoms with Crippen LogP contribution < -0.4 is 16.4 Å². The van der Waals surface area contributed by atoms with Gasteiger partial charge in [0.25, 0.3) is 0 Å². The maximum Gasteiger partial charge on any atom is 0.412 e. The summed E-state index contributed by atoms with van der Waals surface area (Å²) >= 11 is 0. The summed E-state index contributed by atoms with van der Waals surface area (Å²) in [6.07, 6.45) is 2.11. The van der Waals surface area contributed by atoms with Crippen molar-refractivity contribution >= 4 is 18.0 Å². The van der Waals surface area contributed by atoms with Crippen molar-refractivity contribution in [3.05, 3.63) is 65.4 Å². The number of anilines is 1. The van der Waals surface area contributed by atoms with Gasteiger partial charge in [-0.3, -0.25) is 9.69 Å². The summed E-state index contributed by atoms with van der Waals surface area (Å²) in [5, 5.41) is 15.0. The minimum absolute atomic E-state index is 0.147. The minimum Gasteiger partial charge on any atom is -0.381 e. The van der Waals surface area contributed by atoms with Crippen LogP contribution in [0.15, 0.2) is 59.8 Å². The van der Waals surface area contributed by atoms with Gasteiger partial charge in [0.2, 0.25) is 0 Å². The zero-order valence-corrected chi connectivity index (χ0v) is 20.2. The van der Waals surface area contributed by atoms with Crippen molar-refractivity contribution in [1.29, 1.82) is 5.26 Å². The maximum atomic E-state index is 13.5. The van der Waals surface area contributed by atoms with Crippen LogP contribution in [0.4, 0.5) is 23.7 Å². The Morgan fingerprint density at radius 3 is 2.57 bits per heavy atom. The molecule has 0 bridgehead atoms. The first-order chi connectivity index (χ1) is 17.7. The first-order valence-electron chi connectivity index (χ1n) is 12.0. The van der Waals surface area contributed by atoms with Crippen LogP contribution >= 0.6 is 0 Å².